The van der Waals surface area contributed by atoms with E-state index in [1.165, 1.54) is 7.11 Å². The van der Waals surface area contributed by atoms with Crippen molar-refractivity contribution < 1.29 is 14.3 Å². The van der Waals surface area contributed by atoms with E-state index in [4.69, 9.17) is 32.7 Å². The fraction of sp³-hybridized carbons (Fsp3) is 0.211. The molecular weight excluding hydrogens is 361 g/mol. The number of carbonyl (C=O) groups is 1. The zero-order valence-electron chi connectivity index (χ0n) is 13.9. The average molecular weight is 378 g/mol. The Morgan fingerprint density at radius 1 is 1.08 bits per heavy atom. The summed E-state index contributed by atoms with van der Waals surface area (Å²) < 4.78 is 12.6. The Labute approximate surface area is 155 Å². The Kier molecular flexibility index (Phi) is 5.21. The number of benzene rings is 2. The van der Waals surface area contributed by atoms with Crippen LogP contribution in [0.15, 0.2) is 42.5 Å². The summed E-state index contributed by atoms with van der Waals surface area (Å²) in [4.78, 5) is 12.6. The molecule has 1 heterocycles. The first kappa shape index (κ1) is 17.6. The van der Waals surface area contributed by atoms with Crippen LogP contribution in [0.25, 0.3) is 10.9 Å². The molecule has 0 N–H and O–H groups in total. The number of halogens is 2. The summed E-state index contributed by atoms with van der Waals surface area (Å²) in [7, 11) is 1.53. The van der Waals surface area contributed by atoms with Gasteiger partial charge in [-0.05, 0) is 42.8 Å². The lowest BCUT2D eigenvalue weighted by atomic mass is 10.2. The van der Waals surface area contributed by atoms with Gasteiger partial charge in [0.15, 0.2) is 11.4 Å². The number of hydrogen-bond donors (Lipinski definition) is 0. The van der Waals surface area contributed by atoms with Crippen molar-refractivity contribution in [3.63, 3.8) is 0 Å². The second-order valence-corrected chi connectivity index (χ2v) is 6.35. The smallest absolute Gasteiger partial charge is 0.358 e. The first-order chi connectivity index (χ1) is 12.0. The number of esters is 1. The summed E-state index contributed by atoms with van der Waals surface area (Å²) in [5.41, 5.74) is 2.22. The standard InChI is InChI=1S/C19H17Cl2NO3/c1-3-25-19(23)17-18(24-2)15-10-14(21)8-9-16(15)22(17)11-12-4-6-13(20)7-5-12/h4-10H,3,11H2,1-2H3. The van der Waals surface area contributed by atoms with Crippen LogP contribution < -0.4 is 4.74 Å². The molecule has 0 aliphatic rings. The van der Waals surface area contributed by atoms with Gasteiger partial charge in [0.2, 0.25) is 0 Å². The van der Waals surface area contributed by atoms with Gasteiger partial charge in [0.1, 0.15) is 0 Å². The molecule has 0 radical (unpaired) electrons. The molecule has 0 saturated carbocycles. The largest absolute Gasteiger partial charge is 0.494 e. The van der Waals surface area contributed by atoms with Gasteiger partial charge in [-0.1, -0.05) is 35.3 Å². The number of carbonyl (C=O) groups excluding carboxylic acids is 1. The lowest BCUT2D eigenvalue weighted by molar-refractivity contribution is 0.0511. The highest BCUT2D eigenvalue weighted by Gasteiger charge is 2.25. The highest BCUT2D eigenvalue weighted by molar-refractivity contribution is 6.31. The zero-order valence-corrected chi connectivity index (χ0v) is 15.4. The topological polar surface area (TPSA) is 40.5 Å². The predicted molar refractivity (Wildman–Crippen MR) is 100 cm³/mol. The maximum atomic E-state index is 12.6. The van der Waals surface area contributed by atoms with E-state index in [1.807, 2.05) is 34.9 Å². The Balaban J connectivity index is 2.21. The first-order valence-corrected chi connectivity index (χ1v) is 8.58. The molecule has 0 spiro atoms. The van der Waals surface area contributed by atoms with E-state index < -0.39 is 5.97 Å². The van der Waals surface area contributed by atoms with Crippen LogP contribution in [0.2, 0.25) is 10.0 Å². The molecule has 0 aliphatic carbocycles. The maximum absolute atomic E-state index is 12.6. The molecule has 3 rings (SSSR count). The van der Waals surface area contributed by atoms with Crippen LogP contribution in [-0.2, 0) is 11.3 Å². The monoisotopic (exact) mass is 377 g/mol. The number of rotatable bonds is 5. The lowest BCUT2D eigenvalue weighted by Gasteiger charge is -2.11. The van der Waals surface area contributed by atoms with Crippen LogP contribution in [0.1, 0.15) is 23.0 Å². The maximum Gasteiger partial charge on any atom is 0.358 e. The molecule has 25 heavy (non-hydrogen) atoms. The highest BCUT2D eigenvalue weighted by atomic mass is 35.5. The van der Waals surface area contributed by atoms with Crippen molar-refractivity contribution in [3.8, 4) is 5.75 Å². The second-order valence-electron chi connectivity index (χ2n) is 5.48. The lowest BCUT2D eigenvalue weighted by Crippen LogP contribution is -2.14. The van der Waals surface area contributed by atoms with E-state index in [-0.39, 0.29) is 6.61 Å². The van der Waals surface area contributed by atoms with Gasteiger partial charge in [-0.25, -0.2) is 4.79 Å². The third-order valence-corrected chi connectivity index (χ3v) is 4.39. The van der Waals surface area contributed by atoms with Gasteiger partial charge in [0.25, 0.3) is 0 Å². The Hall–Kier alpha value is -2.17. The fourth-order valence-electron chi connectivity index (χ4n) is 2.84. The van der Waals surface area contributed by atoms with Crippen LogP contribution in [0, 0.1) is 0 Å². The molecule has 2 aromatic carbocycles. The van der Waals surface area contributed by atoms with Crippen LogP contribution in [0.5, 0.6) is 5.75 Å². The molecule has 4 nitrogen and oxygen atoms in total. The zero-order chi connectivity index (χ0) is 18.0. The minimum absolute atomic E-state index is 0.283. The summed E-state index contributed by atoms with van der Waals surface area (Å²) in [6, 6.07) is 12.9. The minimum atomic E-state index is -0.430. The van der Waals surface area contributed by atoms with Crippen LogP contribution in [0.4, 0.5) is 0 Å². The van der Waals surface area contributed by atoms with Crippen molar-refractivity contribution in [2.24, 2.45) is 0 Å². The molecule has 0 aliphatic heterocycles. The molecule has 0 saturated heterocycles. The minimum Gasteiger partial charge on any atom is -0.494 e. The van der Waals surface area contributed by atoms with Gasteiger partial charge in [0, 0.05) is 22.0 Å². The van der Waals surface area contributed by atoms with Crippen LogP contribution >= 0.6 is 23.2 Å². The Morgan fingerprint density at radius 2 is 1.76 bits per heavy atom. The molecule has 0 amide bonds. The van der Waals surface area contributed by atoms with Gasteiger partial charge < -0.3 is 14.0 Å². The van der Waals surface area contributed by atoms with Crippen LogP contribution in [0.3, 0.4) is 0 Å². The van der Waals surface area contributed by atoms with Crippen molar-refractivity contribution in [1.29, 1.82) is 0 Å². The first-order valence-electron chi connectivity index (χ1n) is 7.82. The summed E-state index contributed by atoms with van der Waals surface area (Å²) >= 11 is 12.1. The van der Waals surface area contributed by atoms with E-state index in [0.29, 0.717) is 28.0 Å². The summed E-state index contributed by atoms with van der Waals surface area (Å²) in [5, 5.41) is 2.01. The van der Waals surface area contributed by atoms with E-state index in [9.17, 15) is 4.79 Å². The SMILES string of the molecule is CCOC(=O)c1c(OC)c2cc(Cl)ccc2n1Cc1ccc(Cl)cc1. The van der Waals surface area contributed by atoms with Gasteiger partial charge >= 0.3 is 5.97 Å². The van der Waals surface area contributed by atoms with Crippen molar-refractivity contribution in [1.82, 2.24) is 4.57 Å². The van der Waals surface area contributed by atoms with Crippen molar-refractivity contribution in [2.75, 3.05) is 13.7 Å². The number of aromatic nitrogens is 1. The third-order valence-electron chi connectivity index (χ3n) is 3.91. The summed E-state index contributed by atoms with van der Waals surface area (Å²) in [6.45, 7) is 2.53. The molecular formula is C19H17Cl2NO3. The third kappa shape index (κ3) is 3.46. The van der Waals surface area contributed by atoms with Gasteiger partial charge in [0.05, 0.1) is 19.2 Å². The summed E-state index contributed by atoms with van der Waals surface area (Å²) in [5.74, 6) is 0.0329. The number of methoxy groups -OCH3 is 1. The molecule has 0 fully saturated rings. The molecule has 1 aromatic heterocycles. The molecule has 3 aromatic rings. The Morgan fingerprint density at radius 3 is 2.40 bits per heavy atom. The molecule has 0 unspecified atom stereocenters. The molecule has 130 valence electrons. The quantitative estimate of drug-likeness (QED) is 0.575. The van der Waals surface area contributed by atoms with Gasteiger partial charge in [-0.15, -0.1) is 0 Å². The van der Waals surface area contributed by atoms with E-state index >= 15 is 0 Å². The number of ether oxygens (including phenoxy) is 2. The Bertz CT molecular complexity index is 917. The number of fused-ring (bicyclic) bond motifs is 1. The van der Waals surface area contributed by atoms with Crippen molar-refractivity contribution in [2.45, 2.75) is 13.5 Å². The molecule has 0 bridgehead atoms. The number of hydrogen-bond acceptors (Lipinski definition) is 3. The molecule has 0 atom stereocenters. The summed E-state index contributed by atoms with van der Waals surface area (Å²) in [6.07, 6.45) is 0. The predicted octanol–water partition coefficient (Wildman–Crippen LogP) is 5.18. The van der Waals surface area contributed by atoms with Crippen molar-refractivity contribution in [3.05, 3.63) is 63.8 Å². The van der Waals surface area contributed by atoms with E-state index in [1.54, 1.807) is 19.1 Å². The van der Waals surface area contributed by atoms with E-state index in [2.05, 4.69) is 0 Å². The highest BCUT2D eigenvalue weighted by Crippen LogP contribution is 2.36. The fourth-order valence-corrected chi connectivity index (χ4v) is 3.14. The van der Waals surface area contributed by atoms with Crippen molar-refractivity contribution >= 4 is 40.1 Å². The normalized spacial score (nSPS) is 10.9. The second kappa shape index (κ2) is 7.38. The average Bonchev–Trinajstić information content (AvgIpc) is 2.89. The van der Waals surface area contributed by atoms with Crippen LogP contribution in [-0.4, -0.2) is 24.3 Å². The van der Waals surface area contributed by atoms with E-state index in [0.717, 1.165) is 16.5 Å². The number of nitrogens with zero attached hydrogens (tertiary/aromatic N) is 1. The molecule has 6 heteroatoms. The van der Waals surface area contributed by atoms with Gasteiger partial charge in [-0.2, -0.15) is 0 Å². The van der Waals surface area contributed by atoms with Gasteiger partial charge in [-0.3, -0.25) is 0 Å².